The first-order valence-electron chi connectivity index (χ1n) is 10.8. The largest absolute Gasteiger partial charge is 0.497 e. The number of nitrogens with one attached hydrogen (secondary N) is 2. The maximum absolute atomic E-state index is 5.79. The van der Waals surface area contributed by atoms with Gasteiger partial charge in [-0.1, -0.05) is 36.4 Å². The van der Waals surface area contributed by atoms with Crippen molar-refractivity contribution in [3.63, 3.8) is 0 Å². The maximum atomic E-state index is 5.79. The van der Waals surface area contributed by atoms with Crippen molar-refractivity contribution in [3.05, 3.63) is 60.2 Å². The lowest BCUT2D eigenvalue weighted by molar-refractivity contribution is 0.198. The average molecular weight is 538 g/mol. The number of hydrogen-bond donors (Lipinski definition) is 2. The van der Waals surface area contributed by atoms with Gasteiger partial charge >= 0.3 is 0 Å². The second-order valence-corrected chi connectivity index (χ2v) is 7.47. The number of guanidine groups is 1. The number of likely N-dealkylation sites (tertiary alicyclic amines) is 1. The van der Waals surface area contributed by atoms with Crippen LogP contribution in [0.15, 0.2) is 59.6 Å². The van der Waals surface area contributed by atoms with E-state index in [9.17, 15) is 0 Å². The molecule has 0 unspecified atom stereocenters. The third-order valence-electron chi connectivity index (χ3n) is 5.19. The molecule has 1 saturated heterocycles. The van der Waals surface area contributed by atoms with Crippen molar-refractivity contribution in [2.45, 2.75) is 32.4 Å². The number of benzene rings is 2. The smallest absolute Gasteiger partial charge is 0.191 e. The fourth-order valence-corrected chi connectivity index (χ4v) is 3.60. The summed E-state index contributed by atoms with van der Waals surface area (Å²) in [6.45, 7) is 7.29. The number of halogens is 1. The first kappa shape index (κ1) is 25.3. The van der Waals surface area contributed by atoms with Gasteiger partial charge in [0.2, 0.25) is 0 Å². The van der Waals surface area contributed by atoms with Crippen LogP contribution in [-0.2, 0) is 6.54 Å². The van der Waals surface area contributed by atoms with E-state index in [1.54, 1.807) is 7.11 Å². The van der Waals surface area contributed by atoms with E-state index in [0.717, 1.165) is 56.5 Å². The Hall–Kier alpha value is -2.00. The van der Waals surface area contributed by atoms with E-state index in [2.05, 4.69) is 57.8 Å². The van der Waals surface area contributed by atoms with Gasteiger partial charge in [0, 0.05) is 38.3 Å². The third-order valence-corrected chi connectivity index (χ3v) is 5.19. The van der Waals surface area contributed by atoms with Gasteiger partial charge in [-0.3, -0.25) is 4.90 Å². The zero-order valence-electron chi connectivity index (χ0n) is 18.5. The molecule has 2 aromatic carbocycles. The minimum Gasteiger partial charge on any atom is -0.497 e. The van der Waals surface area contributed by atoms with E-state index >= 15 is 0 Å². The number of aliphatic imine (C=N–C) groups is 1. The Kier molecular flexibility index (Phi) is 11.5. The van der Waals surface area contributed by atoms with E-state index in [-0.39, 0.29) is 24.0 Å². The molecule has 0 bridgehead atoms. The van der Waals surface area contributed by atoms with Gasteiger partial charge in [0.15, 0.2) is 5.96 Å². The van der Waals surface area contributed by atoms with Gasteiger partial charge in [-0.2, -0.15) is 0 Å². The van der Waals surface area contributed by atoms with E-state index < -0.39 is 0 Å². The van der Waals surface area contributed by atoms with Gasteiger partial charge in [-0.25, -0.2) is 4.99 Å². The number of ether oxygens (including phenoxy) is 2. The summed E-state index contributed by atoms with van der Waals surface area (Å²) in [4.78, 5) is 7.20. The number of methoxy groups -OCH3 is 1. The quantitative estimate of drug-likeness (QED) is 0.220. The van der Waals surface area contributed by atoms with Crippen molar-refractivity contribution in [1.82, 2.24) is 15.5 Å². The minimum absolute atomic E-state index is 0. The third kappa shape index (κ3) is 8.95. The maximum Gasteiger partial charge on any atom is 0.191 e. The van der Waals surface area contributed by atoms with Crippen molar-refractivity contribution < 1.29 is 9.47 Å². The molecule has 1 aliphatic heterocycles. The molecule has 1 aliphatic rings. The molecule has 2 aromatic rings. The SMILES string of the molecule is CCNC(=NCCOc1cccc(OC)c1)NC1CCN(Cc2ccccc2)CC1.I. The lowest BCUT2D eigenvalue weighted by atomic mass is 10.0. The second-order valence-electron chi connectivity index (χ2n) is 7.47. The fraction of sp³-hybridized carbons (Fsp3) is 0.458. The highest BCUT2D eigenvalue weighted by Gasteiger charge is 2.20. The van der Waals surface area contributed by atoms with Crippen molar-refractivity contribution in [2.24, 2.45) is 4.99 Å². The highest BCUT2D eigenvalue weighted by atomic mass is 127. The molecule has 170 valence electrons. The summed E-state index contributed by atoms with van der Waals surface area (Å²) in [5.41, 5.74) is 1.38. The summed E-state index contributed by atoms with van der Waals surface area (Å²) in [5.74, 6) is 2.46. The van der Waals surface area contributed by atoms with Crippen LogP contribution in [0.3, 0.4) is 0 Å². The zero-order chi connectivity index (χ0) is 21.0. The average Bonchev–Trinajstić information content (AvgIpc) is 2.79. The van der Waals surface area contributed by atoms with Crippen LogP contribution in [0.4, 0.5) is 0 Å². The normalized spacial score (nSPS) is 15.1. The van der Waals surface area contributed by atoms with E-state index in [0.29, 0.717) is 19.2 Å². The monoisotopic (exact) mass is 538 g/mol. The van der Waals surface area contributed by atoms with Gasteiger partial charge in [0.1, 0.15) is 18.1 Å². The molecule has 0 aliphatic carbocycles. The summed E-state index contributed by atoms with van der Waals surface area (Å²) < 4.78 is 11.0. The summed E-state index contributed by atoms with van der Waals surface area (Å²) in [6, 6.07) is 18.8. The molecule has 0 aromatic heterocycles. The summed E-state index contributed by atoms with van der Waals surface area (Å²) >= 11 is 0. The number of rotatable bonds is 9. The van der Waals surface area contributed by atoms with Crippen LogP contribution in [0, 0.1) is 0 Å². The molecule has 3 rings (SSSR count). The van der Waals surface area contributed by atoms with Crippen molar-refractivity contribution in [3.8, 4) is 11.5 Å². The van der Waals surface area contributed by atoms with Gasteiger partial charge in [-0.15, -0.1) is 24.0 Å². The molecule has 0 spiro atoms. The Morgan fingerprint density at radius 1 is 1.06 bits per heavy atom. The van der Waals surface area contributed by atoms with Crippen LogP contribution in [0.1, 0.15) is 25.3 Å². The standard InChI is InChI=1S/C24H34N4O2.HI/c1-3-25-24(26-14-17-30-23-11-7-10-22(18-23)29-2)27-21-12-15-28(16-13-21)19-20-8-5-4-6-9-20;/h4-11,18,21H,3,12-17,19H2,1-2H3,(H2,25,26,27);1H. The highest BCUT2D eigenvalue weighted by Crippen LogP contribution is 2.18. The van der Waals surface area contributed by atoms with E-state index in [1.165, 1.54) is 5.56 Å². The Morgan fingerprint density at radius 3 is 2.52 bits per heavy atom. The van der Waals surface area contributed by atoms with Crippen molar-refractivity contribution in [1.29, 1.82) is 0 Å². The van der Waals surface area contributed by atoms with Crippen LogP contribution < -0.4 is 20.1 Å². The molecule has 0 atom stereocenters. The summed E-state index contributed by atoms with van der Waals surface area (Å²) in [5, 5.41) is 6.94. The van der Waals surface area contributed by atoms with Gasteiger partial charge in [0.05, 0.1) is 13.7 Å². The Bertz CT molecular complexity index is 780. The highest BCUT2D eigenvalue weighted by molar-refractivity contribution is 14.0. The molecule has 1 heterocycles. The molecular formula is C24H35IN4O2. The Labute approximate surface area is 203 Å². The molecule has 7 heteroatoms. The first-order valence-corrected chi connectivity index (χ1v) is 10.8. The summed E-state index contributed by atoms with van der Waals surface area (Å²) in [7, 11) is 1.66. The van der Waals surface area contributed by atoms with Crippen LogP contribution in [0.5, 0.6) is 11.5 Å². The fourth-order valence-electron chi connectivity index (χ4n) is 3.60. The molecule has 0 radical (unpaired) electrons. The first-order chi connectivity index (χ1) is 14.8. The lowest BCUT2D eigenvalue weighted by Gasteiger charge is -2.33. The lowest BCUT2D eigenvalue weighted by Crippen LogP contribution is -2.48. The molecule has 0 amide bonds. The minimum atomic E-state index is 0. The predicted molar refractivity (Wildman–Crippen MR) is 138 cm³/mol. The summed E-state index contributed by atoms with van der Waals surface area (Å²) in [6.07, 6.45) is 2.25. The zero-order valence-corrected chi connectivity index (χ0v) is 20.9. The van der Waals surface area contributed by atoms with Crippen LogP contribution >= 0.6 is 24.0 Å². The molecule has 0 saturated carbocycles. The second kappa shape index (κ2) is 14.1. The van der Waals surface area contributed by atoms with Crippen LogP contribution in [-0.4, -0.2) is 56.8 Å². The van der Waals surface area contributed by atoms with E-state index in [4.69, 9.17) is 9.47 Å². The van der Waals surface area contributed by atoms with Crippen molar-refractivity contribution in [2.75, 3.05) is 39.9 Å². The molecule has 2 N–H and O–H groups in total. The molecule has 31 heavy (non-hydrogen) atoms. The van der Waals surface area contributed by atoms with Crippen molar-refractivity contribution >= 4 is 29.9 Å². The number of hydrogen-bond acceptors (Lipinski definition) is 4. The Morgan fingerprint density at radius 2 is 1.81 bits per heavy atom. The van der Waals surface area contributed by atoms with Gasteiger partial charge in [-0.05, 0) is 37.5 Å². The number of piperidine rings is 1. The Balaban J connectivity index is 0.00000341. The molecular weight excluding hydrogens is 503 g/mol. The van der Waals surface area contributed by atoms with E-state index in [1.807, 2.05) is 24.3 Å². The molecule has 6 nitrogen and oxygen atoms in total. The van der Waals surface area contributed by atoms with Crippen LogP contribution in [0.2, 0.25) is 0 Å². The molecule has 1 fully saturated rings. The predicted octanol–water partition coefficient (Wildman–Crippen LogP) is 3.91. The van der Waals surface area contributed by atoms with Crippen LogP contribution in [0.25, 0.3) is 0 Å². The topological polar surface area (TPSA) is 58.1 Å². The number of nitrogens with zero attached hydrogens (tertiary/aromatic N) is 2. The van der Waals surface area contributed by atoms with Gasteiger partial charge in [0.25, 0.3) is 0 Å². The van der Waals surface area contributed by atoms with Gasteiger partial charge < -0.3 is 20.1 Å².